The van der Waals surface area contributed by atoms with Gasteiger partial charge in [-0.15, -0.1) is 0 Å². The van der Waals surface area contributed by atoms with Gasteiger partial charge in [0.05, 0.1) is 6.10 Å². The lowest BCUT2D eigenvalue weighted by molar-refractivity contribution is -0.121. The van der Waals surface area contributed by atoms with E-state index in [1.165, 1.54) is 5.69 Å². The Hall–Kier alpha value is -2.60. The number of carbonyl (C=O) groups excluding carboxylic acids is 1. The molecule has 2 atom stereocenters. The lowest BCUT2D eigenvalue weighted by atomic mass is 9.83. The summed E-state index contributed by atoms with van der Waals surface area (Å²) in [7, 11) is 0. The van der Waals surface area contributed by atoms with Gasteiger partial charge in [-0.3, -0.25) is 9.59 Å². The summed E-state index contributed by atoms with van der Waals surface area (Å²) in [6, 6.07) is 13.6. The van der Waals surface area contributed by atoms with Crippen molar-refractivity contribution in [1.82, 2.24) is 14.8 Å². The van der Waals surface area contributed by atoms with Crippen molar-refractivity contribution in [3.63, 3.8) is 0 Å². The van der Waals surface area contributed by atoms with Gasteiger partial charge in [0.25, 0.3) is 5.56 Å². The summed E-state index contributed by atoms with van der Waals surface area (Å²) in [5.41, 5.74) is 2.43. The molecule has 6 heteroatoms. The second kappa shape index (κ2) is 9.69. The summed E-state index contributed by atoms with van der Waals surface area (Å²) in [5.74, 6) is 1.89. The Labute approximate surface area is 184 Å². The maximum absolute atomic E-state index is 12.3. The van der Waals surface area contributed by atoms with Gasteiger partial charge in [-0.2, -0.15) is 0 Å². The number of carbonyl (C=O) groups is 1. The van der Waals surface area contributed by atoms with Crippen molar-refractivity contribution in [1.29, 1.82) is 0 Å². The average molecular weight is 424 g/mol. The van der Waals surface area contributed by atoms with Gasteiger partial charge in [0, 0.05) is 56.8 Å². The molecule has 2 aliphatic heterocycles. The fourth-order valence-corrected chi connectivity index (χ4v) is 4.88. The first-order valence-electron chi connectivity index (χ1n) is 11.4. The van der Waals surface area contributed by atoms with E-state index in [-0.39, 0.29) is 17.6 Å². The van der Waals surface area contributed by atoms with E-state index in [1.54, 1.807) is 6.07 Å². The molecule has 0 spiro atoms. The van der Waals surface area contributed by atoms with Crippen molar-refractivity contribution < 1.29 is 9.53 Å². The minimum atomic E-state index is 0.0941. The van der Waals surface area contributed by atoms with Crippen molar-refractivity contribution in [3.8, 4) is 5.75 Å². The number of pyridine rings is 1. The van der Waals surface area contributed by atoms with Crippen molar-refractivity contribution in [2.75, 3.05) is 26.2 Å². The number of rotatable bonds is 8. The Morgan fingerprint density at radius 3 is 2.71 bits per heavy atom. The highest BCUT2D eigenvalue weighted by Crippen LogP contribution is 2.34. The van der Waals surface area contributed by atoms with Crippen LogP contribution in [0.15, 0.2) is 47.3 Å². The summed E-state index contributed by atoms with van der Waals surface area (Å²) < 4.78 is 7.62. The van der Waals surface area contributed by atoms with Crippen LogP contribution < -0.4 is 15.6 Å². The third-order valence-electron chi connectivity index (χ3n) is 6.24. The second-order valence-electron chi connectivity index (χ2n) is 9.12. The summed E-state index contributed by atoms with van der Waals surface area (Å²) in [4.78, 5) is 26.9. The Kier molecular flexibility index (Phi) is 6.76. The topological polar surface area (TPSA) is 63.6 Å². The normalized spacial score (nSPS) is 20.4. The number of ether oxygens (including phenoxy) is 1. The number of piperidine rings is 1. The maximum atomic E-state index is 12.3. The molecule has 4 rings (SSSR count). The largest absolute Gasteiger partial charge is 0.491 e. The van der Waals surface area contributed by atoms with E-state index in [0.717, 1.165) is 50.3 Å². The molecule has 3 heterocycles. The van der Waals surface area contributed by atoms with Crippen molar-refractivity contribution in [2.24, 2.45) is 5.92 Å². The number of hydrogen-bond donors (Lipinski definition) is 1. The van der Waals surface area contributed by atoms with Crippen LogP contribution in [0.2, 0.25) is 0 Å². The number of benzene rings is 1. The van der Waals surface area contributed by atoms with Crippen LogP contribution in [0, 0.1) is 5.92 Å². The third kappa shape index (κ3) is 5.56. The zero-order valence-electron chi connectivity index (χ0n) is 18.5. The number of aromatic nitrogens is 1. The molecule has 1 fully saturated rings. The molecule has 1 N–H and O–H groups in total. The standard InChI is InChI=1S/C25H33N3O3/c1-18(2)31-22-9-6-19(7-10-22)8-11-24(29)26-12-13-27-15-20-14-21(17-27)23-4-3-5-25(30)28(23)16-20/h3-7,9-10,18,20-21H,8,11-17H2,1-2H3,(H,26,29). The van der Waals surface area contributed by atoms with Gasteiger partial charge >= 0.3 is 0 Å². The molecule has 1 aromatic heterocycles. The van der Waals surface area contributed by atoms with Crippen LogP contribution in [0.4, 0.5) is 0 Å². The molecule has 0 radical (unpaired) electrons. The fourth-order valence-electron chi connectivity index (χ4n) is 4.88. The first-order chi connectivity index (χ1) is 15.0. The zero-order valence-corrected chi connectivity index (χ0v) is 18.5. The number of hydrogen-bond acceptors (Lipinski definition) is 4. The van der Waals surface area contributed by atoms with Gasteiger partial charge in [0.2, 0.25) is 5.91 Å². The highest BCUT2D eigenvalue weighted by Gasteiger charge is 2.34. The molecule has 31 heavy (non-hydrogen) atoms. The van der Waals surface area contributed by atoms with E-state index >= 15 is 0 Å². The fraction of sp³-hybridized carbons (Fsp3) is 0.520. The summed E-state index contributed by atoms with van der Waals surface area (Å²) >= 11 is 0. The van der Waals surface area contributed by atoms with E-state index in [1.807, 2.05) is 48.7 Å². The molecule has 2 bridgehead atoms. The molecule has 2 aromatic rings. The molecule has 1 saturated heterocycles. The molecule has 166 valence electrons. The summed E-state index contributed by atoms with van der Waals surface area (Å²) in [6.45, 7) is 8.31. The smallest absolute Gasteiger partial charge is 0.250 e. The molecule has 1 amide bonds. The van der Waals surface area contributed by atoms with E-state index in [9.17, 15) is 9.59 Å². The molecule has 6 nitrogen and oxygen atoms in total. The van der Waals surface area contributed by atoms with Gasteiger partial charge in [0.1, 0.15) is 5.75 Å². The number of aryl methyl sites for hydroxylation is 1. The average Bonchev–Trinajstić information content (AvgIpc) is 2.74. The van der Waals surface area contributed by atoms with Crippen LogP contribution in [0.1, 0.15) is 43.9 Å². The quantitative estimate of drug-likeness (QED) is 0.709. The Balaban J connectivity index is 1.20. The first kappa shape index (κ1) is 21.6. The number of nitrogens with one attached hydrogen (secondary N) is 1. The van der Waals surface area contributed by atoms with Crippen molar-refractivity contribution in [2.45, 2.75) is 51.7 Å². The first-order valence-corrected chi connectivity index (χ1v) is 11.4. The SMILES string of the molecule is CC(C)Oc1ccc(CCC(=O)NCCN2CC3CC(C2)c2cccc(=O)n2C3)cc1. The number of amides is 1. The summed E-state index contributed by atoms with van der Waals surface area (Å²) in [5, 5.41) is 3.07. The van der Waals surface area contributed by atoms with Gasteiger partial charge in [0.15, 0.2) is 0 Å². The predicted molar refractivity (Wildman–Crippen MR) is 122 cm³/mol. The van der Waals surface area contributed by atoms with Crippen LogP contribution in [0.25, 0.3) is 0 Å². The molecular weight excluding hydrogens is 390 g/mol. The van der Waals surface area contributed by atoms with E-state index in [2.05, 4.69) is 16.3 Å². The van der Waals surface area contributed by atoms with E-state index < -0.39 is 0 Å². The number of nitrogens with zero attached hydrogens (tertiary/aromatic N) is 2. The monoisotopic (exact) mass is 423 g/mol. The van der Waals surface area contributed by atoms with E-state index in [0.29, 0.717) is 24.8 Å². The zero-order chi connectivity index (χ0) is 21.8. The number of fused-ring (bicyclic) bond motifs is 4. The predicted octanol–water partition coefficient (Wildman–Crippen LogP) is 2.80. The lowest BCUT2D eigenvalue weighted by Crippen LogP contribution is -2.48. The van der Waals surface area contributed by atoms with Crippen LogP contribution in [0.5, 0.6) is 5.75 Å². The second-order valence-corrected chi connectivity index (χ2v) is 9.12. The minimum absolute atomic E-state index is 0.0941. The third-order valence-corrected chi connectivity index (χ3v) is 6.24. The van der Waals surface area contributed by atoms with E-state index in [4.69, 9.17) is 4.74 Å². The molecular formula is C25H33N3O3. The van der Waals surface area contributed by atoms with Crippen molar-refractivity contribution in [3.05, 3.63) is 64.1 Å². The van der Waals surface area contributed by atoms with Crippen LogP contribution in [-0.4, -0.2) is 47.7 Å². The highest BCUT2D eigenvalue weighted by atomic mass is 16.5. The Morgan fingerprint density at radius 1 is 1.13 bits per heavy atom. The minimum Gasteiger partial charge on any atom is -0.491 e. The van der Waals surface area contributed by atoms with Gasteiger partial charge in [-0.25, -0.2) is 0 Å². The Bertz CT molecular complexity index is 951. The molecule has 2 unspecified atom stereocenters. The van der Waals surface area contributed by atoms with Crippen LogP contribution in [-0.2, 0) is 17.8 Å². The van der Waals surface area contributed by atoms with Gasteiger partial charge in [-0.05, 0) is 56.4 Å². The van der Waals surface area contributed by atoms with Crippen LogP contribution >= 0.6 is 0 Å². The maximum Gasteiger partial charge on any atom is 0.250 e. The van der Waals surface area contributed by atoms with Crippen molar-refractivity contribution >= 4 is 5.91 Å². The molecule has 2 aliphatic rings. The Morgan fingerprint density at radius 2 is 1.94 bits per heavy atom. The molecule has 0 aliphatic carbocycles. The molecule has 1 aromatic carbocycles. The molecule has 0 saturated carbocycles. The number of likely N-dealkylation sites (tertiary alicyclic amines) is 1. The van der Waals surface area contributed by atoms with Gasteiger partial charge in [-0.1, -0.05) is 18.2 Å². The highest BCUT2D eigenvalue weighted by molar-refractivity contribution is 5.76. The summed E-state index contributed by atoms with van der Waals surface area (Å²) in [6.07, 6.45) is 2.54. The van der Waals surface area contributed by atoms with Crippen LogP contribution in [0.3, 0.4) is 0 Å². The van der Waals surface area contributed by atoms with Gasteiger partial charge < -0.3 is 19.5 Å². The lowest BCUT2D eigenvalue weighted by Gasteiger charge is -2.42.